The van der Waals surface area contributed by atoms with Gasteiger partial charge >= 0.3 is 7.60 Å². The second kappa shape index (κ2) is 5.30. The van der Waals surface area contributed by atoms with Crippen LogP contribution in [-0.4, -0.2) is 28.5 Å². The maximum atomic E-state index is 11.3. The summed E-state index contributed by atoms with van der Waals surface area (Å²) < 4.78 is 21.1. The molecule has 0 N–H and O–H groups in total. The summed E-state index contributed by atoms with van der Waals surface area (Å²) in [5.74, 6) is 0. The van der Waals surface area contributed by atoms with Crippen LogP contribution in [0.2, 0.25) is 25.7 Å². The third-order valence-corrected chi connectivity index (χ3v) is 4.90. The fourth-order valence-corrected chi connectivity index (χ4v) is 2.66. The zero-order valence-electron chi connectivity index (χ0n) is 9.29. The molecular formula is C8H21O3PSi. The minimum absolute atomic E-state index is 0.548. The summed E-state index contributed by atoms with van der Waals surface area (Å²) in [7, 11) is -2.30. The Kier molecular flexibility index (Phi) is 5.45. The second-order valence-electron chi connectivity index (χ2n) is 4.45. The Labute approximate surface area is 82.4 Å². The Morgan fingerprint density at radius 1 is 1.31 bits per heavy atom. The van der Waals surface area contributed by atoms with Crippen molar-refractivity contribution in [1.29, 1.82) is 0 Å². The van der Waals surface area contributed by atoms with Crippen molar-refractivity contribution in [2.24, 2.45) is 0 Å². The largest absolute Gasteiger partial charge is 0.327 e. The second-order valence-corrected chi connectivity index (χ2v) is 12.2. The highest BCUT2D eigenvalue weighted by Crippen LogP contribution is 2.42. The monoisotopic (exact) mass is 224 g/mol. The van der Waals surface area contributed by atoms with Crippen LogP contribution in [0.3, 0.4) is 0 Å². The van der Waals surface area contributed by atoms with Crippen molar-refractivity contribution in [2.45, 2.75) is 32.1 Å². The zero-order chi connectivity index (χ0) is 10.5. The van der Waals surface area contributed by atoms with Crippen molar-refractivity contribution in [3.8, 4) is 0 Å². The lowest BCUT2D eigenvalue weighted by atomic mass is 10.5. The van der Waals surface area contributed by atoms with Crippen LogP contribution in [0, 0.1) is 0 Å². The molecule has 0 saturated heterocycles. The van der Waals surface area contributed by atoms with Crippen molar-refractivity contribution in [3.63, 3.8) is 0 Å². The van der Waals surface area contributed by atoms with E-state index >= 15 is 0 Å². The normalized spacial score (nSPS) is 17.0. The van der Waals surface area contributed by atoms with Crippen molar-refractivity contribution < 1.29 is 13.6 Å². The lowest BCUT2D eigenvalue weighted by Crippen LogP contribution is -2.19. The van der Waals surface area contributed by atoms with E-state index < -0.39 is 15.7 Å². The standard InChI is InChI=1S/C8H21O3PSi/c1-10-12(2,9)11-7-6-8-13(3,4)5/h6-8H2,1-5H3. The average molecular weight is 224 g/mol. The van der Waals surface area contributed by atoms with Crippen molar-refractivity contribution >= 4 is 15.7 Å². The first-order valence-corrected chi connectivity index (χ1v) is 10.2. The van der Waals surface area contributed by atoms with Gasteiger partial charge in [0, 0.05) is 21.8 Å². The van der Waals surface area contributed by atoms with E-state index in [-0.39, 0.29) is 0 Å². The van der Waals surface area contributed by atoms with Gasteiger partial charge in [0.1, 0.15) is 0 Å². The molecule has 5 heteroatoms. The first-order valence-electron chi connectivity index (χ1n) is 4.55. The van der Waals surface area contributed by atoms with Crippen LogP contribution in [0.1, 0.15) is 6.42 Å². The van der Waals surface area contributed by atoms with Gasteiger partial charge in [-0.25, -0.2) is 0 Å². The molecule has 0 saturated carbocycles. The lowest BCUT2D eigenvalue weighted by Gasteiger charge is -2.16. The molecule has 80 valence electrons. The molecule has 0 aliphatic carbocycles. The fraction of sp³-hybridized carbons (Fsp3) is 1.00. The molecule has 0 aromatic rings. The first kappa shape index (κ1) is 13.4. The molecular weight excluding hydrogens is 203 g/mol. The van der Waals surface area contributed by atoms with Gasteiger partial charge in [-0.1, -0.05) is 25.7 Å². The van der Waals surface area contributed by atoms with E-state index in [1.165, 1.54) is 19.8 Å². The smallest absolute Gasteiger partial charge is 0.312 e. The fourth-order valence-electron chi connectivity index (χ4n) is 0.886. The minimum Gasteiger partial charge on any atom is -0.312 e. The summed E-state index contributed by atoms with van der Waals surface area (Å²) in [6.07, 6.45) is 0.983. The minimum atomic E-state index is -2.74. The van der Waals surface area contributed by atoms with Crippen LogP contribution >= 0.6 is 7.60 Å². The van der Waals surface area contributed by atoms with E-state index in [1.807, 2.05) is 0 Å². The highest BCUT2D eigenvalue weighted by molar-refractivity contribution is 7.52. The highest BCUT2D eigenvalue weighted by atomic mass is 31.2. The predicted molar refractivity (Wildman–Crippen MR) is 59.3 cm³/mol. The molecule has 0 aromatic heterocycles. The van der Waals surface area contributed by atoms with Crippen LogP contribution in [0.25, 0.3) is 0 Å². The molecule has 0 bridgehead atoms. The molecule has 13 heavy (non-hydrogen) atoms. The SMILES string of the molecule is COP(C)(=O)OCCC[Si](C)(C)C. The molecule has 0 aromatic carbocycles. The zero-order valence-corrected chi connectivity index (χ0v) is 11.2. The Morgan fingerprint density at radius 2 is 1.85 bits per heavy atom. The van der Waals surface area contributed by atoms with E-state index in [0.717, 1.165) is 6.42 Å². The van der Waals surface area contributed by atoms with E-state index in [0.29, 0.717) is 6.61 Å². The van der Waals surface area contributed by atoms with Crippen LogP contribution in [0.5, 0.6) is 0 Å². The maximum absolute atomic E-state index is 11.3. The molecule has 1 atom stereocenters. The van der Waals surface area contributed by atoms with E-state index in [1.54, 1.807) is 0 Å². The van der Waals surface area contributed by atoms with Gasteiger partial charge in [-0.05, 0) is 6.42 Å². The van der Waals surface area contributed by atoms with E-state index in [2.05, 4.69) is 19.6 Å². The van der Waals surface area contributed by atoms with E-state index in [4.69, 9.17) is 9.05 Å². The van der Waals surface area contributed by atoms with Crippen molar-refractivity contribution in [1.82, 2.24) is 0 Å². The molecule has 0 aliphatic rings. The molecule has 0 spiro atoms. The third kappa shape index (κ3) is 8.69. The summed E-state index contributed by atoms with van der Waals surface area (Å²) in [4.78, 5) is 0. The van der Waals surface area contributed by atoms with Crippen LogP contribution < -0.4 is 0 Å². The van der Waals surface area contributed by atoms with Crippen molar-refractivity contribution in [3.05, 3.63) is 0 Å². The van der Waals surface area contributed by atoms with Crippen LogP contribution in [-0.2, 0) is 13.6 Å². The Balaban J connectivity index is 3.53. The summed E-state index contributed by atoms with van der Waals surface area (Å²) in [5, 5.41) is 0. The topological polar surface area (TPSA) is 35.5 Å². The Bertz CT molecular complexity index is 188. The molecule has 0 fully saturated rings. The Hall–Kier alpha value is 0.367. The van der Waals surface area contributed by atoms with E-state index in [9.17, 15) is 4.57 Å². The van der Waals surface area contributed by atoms with Crippen molar-refractivity contribution in [2.75, 3.05) is 20.4 Å². The molecule has 3 nitrogen and oxygen atoms in total. The molecule has 0 heterocycles. The molecule has 1 unspecified atom stereocenters. The predicted octanol–water partition coefficient (Wildman–Crippen LogP) is 3.20. The number of hydrogen-bond acceptors (Lipinski definition) is 3. The quantitative estimate of drug-likeness (QED) is 0.395. The number of hydrogen-bond donors (Lipinski definition) is 0. The van der Waals surface area contributed by atoms with Gasteiger partial charge in [-0.15, -0.1) is 0 Å². The Morgan fingerprint density at radius 3 is 2.23 bits per heavy atom. The molecule has 0 radical (unpaired) electrons. The summed E-state index contributed by atoms with van der Waals surface area (Å²) >= 11 is 0. The highest BCUT2D eigenvalue weighted by Gasteiger charge is 2.16. The summed E-state index contributed by atoms with van der Waals surface area (Å²) in [6.45, 7) is 8.99. The average Bonchev–Trinajstić information content (AvgIpc) is 1.97. The van der Waals surface area contributed by atoms with Gasteiger partial charge in [0.25, 0.3) is 0 Å². The molecule has 0 aliphatic heterocycles. The maximum Gasteiger partial charge on any atom is 0.327 e. The van der Waals surface area contributed by atoms with Gasteiger partial charge in [-0.3, -0.25) is 4.57 Å². The molecule has 0 rings (SSSR count). The molecule has 0 amide bonds. The van der Waals surface area contributed by atoms with Gasteiger partial charge in [-0.2, -0.15) is 0 Å². The lowest BCUT2D eigenvalue weighted by molar-refractivity contribution is 0.239. The third-order valence-electron chi connectivity index (χ3n) is 1.73. The van der Waals surface area contributed by atoms with Gasteiger partial charge in [0.05, 0.1) is 6.61 Å². The van der Waals surface area contributed by atoms with Gasteiger partial charge < -0.3 is 9.05 Å². The number of rotatable bonds is 6. The van der Waals surface area contributed by atoms with Gasteiger partial charge in [0.15, 0.2) is 0 Å². The summed E-state index contributed by atoms with van der Waals surface area (Å²) in [5.41, 5.74) is 0. The summed E-state index contributed by atoms with van der Waals surface area (Å²) in [6, 6.07) is 1.21. The first-order chi connectivity index (χ1) is 5.77. The van der Waals surface area contributed by atoms with Crippen LogP contribution in [0.15, 0.2) is 0 Å². The van der Waals surface area contributed by atoms with Crippen LogP contribution in [0.4, 0.5) is 0 Å². The van der Waals surface area contributed by atoms with Gasteiger partial charge in [0.2, 0.25) is 0 Å².